The number of aromatic nitrogens is 3. The molecular formula is C23H28N4OS. The summed E-state index contributed by atoms with van der Waals surface area (Å²) in [6, 6.07) is 18.3. The van der Waals surface area contributed by atoms with Gasteiger partial charge in [-0.2, -0.15) is 0 Å². The Labute approximate surface area is 176 Å². The van der Waals surface area contributed by atoms with Gasteiger partial charge in [0, 0.05) is 0 Å². The molecule has 0 saturated carbocycles. The molecule has 2 atom stereocenters. The highest BCUT2D eigenvalue weighted by atomic mass is 32.2. The predicted molar refractivity (Wildman–Crippen MR) is 118 cm³/mol. The average molecular weight is 409 g/mol. The molecule has 0 bridgehead atoms. The summed E-state index contributed by atoms with van der Waals surface area (Å²) in [6.07, 6.45) is 1.91. The van der Waals surface area contributed by atoms with Crippen LogP contribution in [0.3, 0.4) is 0 Å². The lowest BCUT2D eigenvalue weighted by atomic mass is 10.0. The SMILES string of the molecule is CCC[C@H](NC(=O)[C@H](C)Sc1nnc(C)n1-c1ccccc1C)c1ccccc1. The van der Waals surface area contributed by atoms with Crippen LogP contribution in [0.4, 0.5) is 0 Å². The molecule has 1 amide bonds. The van der Waals surface area contributed by atoms with E-state index in [2.05, 4.69) is 47.6 Å². The van der Waals surface area contributed by atoms with Crippen molar-refractivity contribution in [2.45, 2.75) is 57.0 Å². The summed E-state index contributed by atoms with van der Waals surface area (Å²) in [5.74, 6) is 0.817. The number of thioether (sulfide) groups is 1. The third-order valence-electron chi connectivity index (χ3n) is 4.90. The Morgan fingerprint density at radius 3 is 2.45 bits per heavy atom. The van der Waals surface area contributed by atoms with E-state index in [-0.39, 0.29) is 17.2 Å². The number of amides is 1. The average Bonchev–Trinajstić information content (AvgIpc) is 3.08. The molecule has 0 unspecified atom stereocenters. The molecule has 0 aliphatic carbocycles. The minimum absolute atomic E-state index is 0.00860. The molecule has 3 rings (SSSR count). The van der Waals surface area contributed by atoms with Crippen LogP contribution in [-0.2, 0) is 4.79 Å². The van der Waals surface area contributed by atoms with E-state index in [9.17, 15) is 4.79 Å². The first-order chi connectivity index (χ1) is 14.0. The van der Waals surface area contributed by atoms with Crippen molar-refractivity contribution in [3.8, 4) is 5.69 Å². The van der Waals surface area contributed by atoms with Crippen LogP contribution in [0.25, 0.3) is 5.69 Å². The van der Waals surface area contributed by atoms with Crippen LogP contribution in [0, 0.1) is 13.8 Å². The lowest BCUT2D eigenvalue weighted by Gasteiger charge is -2.21. The monoisotopic (exact) mass is 408 g/mol. The second kappa shape index (κ2) is 9.74. The van der Waals surface area contributed by atoms with Crippen molar-refractivity contribution < 1.29 is 4.79 Å². The van der Waals surface area contributed by atoms with Gasteiger partial charge in [0.2, 0.25) is 5.91 Å². The van der Waals surface area contributed by atoms with Gasteiger partial charge in [0.25, 0.3) is 0 Å². The summed E-state index contributed by atoms with van der Waals surface area (Å²) in [5, 5.41) is 12.2. The Hall–Kier alpha value is -2.60. The number of hydrogen-bond acceptors (Lipinski definition) is 4. The largest absolute Gasteiger partial charge is 0.348 e. The molecule has 6 heteroatoms. The number of hydrogen-bond donors (Lipinski definition) is 1. The van der Waals surface area contributed by atoms with Crippen LogP contribution < -0.4 is 5.32 Å². The fraction of sp³-hybridized carbons (Fsp3) is 0.348. The van der Waals surface area contributed by atoms with Crippen molar-refractivity contribution in [1.29, 1.82) is 0 Å². The standard InChI is InChI=1S/C23H28N4OS/c1-5-11-20(19-13-7-6-8-14-19)24-22(28)17(3)29-23-26-25-18(4)27(23)21-15-10-9-12-16(21)2/h6-10,12-15,17,20H,5,11H2,1-4H3,(H,24,28)/t17-,20-/m0/s1. The van der Waals surface area contributed by atoms with E-state index < -0.39 is 0 Å². The van der Waals surface area contributed by atoms with E-state index in [1.807, 2.05) is 54.8 Å². The number of nitrogens with one attached hydrogen (secondary N) is 1. The van der Waals surface area contributed by atoms with Crippen molar-refractivity contribution in [1.82, 2.24) is 20.1 Å². The van der Waals surface area contributed by atoms with Crippen LogP contribution in [0.15, 0.2) is 59.8 Å². The van der Waals surface area contributed by atoms with Gasteiger partial charge < -0.3 is 5.32 Å². The fourth-order valence-corrected chi connectivity index (χ4v) is 4.22. The fourth-order valence-electron chi connectivity index (χ4n) is 3.31. The molecule has 5 nitrogen and oxygen atoms in total. The summed E-state index contributed by atoms with van der Waals surface area (Å²) >= 11 is 1.44. The molecule has 0 aliphatic rings. The van der Waals surface area contributed by atoms with Crippen LogP contribution in [0.5, 0.6) is 0 Å². The van der Waals surface area contributed by atoms with E-state index in [0.717, 1.165) is 40.6 Å². The lowest BCUT2D eigenvalue weighted by Crippen LogP contribution is -2.34. The topological polar surface area (TPSA) is 59.8 Å². The highest BCUT2D eigenvalue weighted by molar-refractivity contribution is 8.00. The molecule has 0 saturated heterocycles. The number of para-hydroxylation sites is 1. The summed E-state index contributed by atoms with van der Waals surface area (Å²) in [5.41, 5.74) is 3.32. The Kier molecular flexibility index (Phi) is 7.09. The van der Waals surface area contributed by atoms with E-state index in [4.69, 9.17) is 0 Å². The molecular weight excluding hydrogens is 380 g/mol. The van der Waals surface area contributed by atoms with Gasteiger partial charge in [-0.15, -0.1) is 10.2 Å². The van der Waals surface area contributed by atoms with Gasteiger partial charge in [-0.1, -0.05) is 73.6 Å². The van der Waals surface area contributed by atoms with Crippen LogP contribution in [0.2, 0.25) is 0 Å². The van der Waals surface area contributed by atoms with Gasteiger partial charge in [-0.3, -0.25) is 9.36 Å². The smallest absolute Gasteiger partial charge is 0.233 e. The van der Waals surface area contributed by atoms with E-state index >= 15 is 0 Å². The number of carbonyl (C=O) groups is 1. The number of aryl methyl sites for hydroxylation is 2. The Morgan fingerprint density at radius 2 is 1.76 bits per heavy atom. The zero-order valence-electron chi connectivity index (χ0n) is 17.4. The van der Waals surface area contributed by atoms with Crippen molar-refractivity contribution in [3.63, 3.8) is 0 Å². The Morgan fingerprint density at radius 1 is 1.07 bits per heavy atom. The lowest BCUT2D eigenvalue weighted by molar-refractivity contribution is -0.121. The van der Waals surface area contributed by atoms with Gasteiger partial charge >= 0.3 is 0 Å². The molecule has 1 heterocycles. The second-order valence-corrected chi connectivity index (χ2v) is 8.48. The maximum atomic E-state index is 12.9. The molecule has 3 aromatic rings. The molecule has 0 fully saturated rings. The molecule has 1 N–H and O–H groups in total. The minimum atomic E-state index is -0.288. The van der Waals surface area contributed by atoms with Gasteiger partial charge in [-0.25, -0.2) is 0 Å². The van der Waals surface area contributed by atoms with E-state index in [0.29, 0.717) is 0 Å². The highest BCUT2D eigenvalue weighted by Crippen LogP contribution is 2.28. The highest BCUT2D eigenvalue weighted by Gasteiger charge is 2.23. The van der Waals surface area contributed by atoms with Gasteiger partial charge in [-0.05, 0) is 44.4 Å². The maximum Gasteiger partial charge on any atom is 0.233 e. The molecule has 0 radical (unpaired) electrons. The molecule has 0 spiro atoms. The quantitative estimate of drug-likeness (QED) is 0.532. The number of rotatable bonds is 8. The van der Waals surface area contributed by atoms with E-state index in [1.54, 1.807) is 0 Å². The van der Waals surface area contributed by atoms with Gasteiger partial charge in [0.15, 0.2) is 5.16 Å². The van der Waals surface area contributed by atoms with Crippen molar-refractivity contribution in [2.24, 2.45) is 0 Å². The van der Waals surface area contributed by atoms with Crippen molar-refractivity contribution in [2.75, 3.05) is 0 Å². The van der Waals surface area contributed by atoms with Crippen LogP contribution in [0.1, 0.15) is 49.7 Å². The summed E-state index contributed by atoms with van der Waals surface area (Å²) in [7, 11) is 0. The molecule has 0 aliphatic heterocycles. The predicted octanol–water partition coefficient (Wildman–Crippen LogP) is 5.02. The first-order valence-corrected chi connectivity index (χ1v) is 10.9. The third kappa shape index (κ3) is 5.07. The van der Waals surface area contributed by atoms with E-state index in [1.165, 1.54) is 11.8 Å². The normalized spacial score (nSPS) is 13.1. The number of carbonyl (C=O) groups excluding carboxylic acids is 1. The van der Waals surface area contributed by atoms with Gasteiger partial charge in [0.1, 0.15) is 5.82 Å². The molecule has 29 heavy (non-hydrogen) atoms. The summed E-state index contributed by atoms with van der Waals surface area (Å²) in [6.45, 7) is 8.05. The summed E-state index contributed by atoms with van der Waals surface area (Å²) in [4.78, 5) is 12.9. The first kappa shape index (κ1) is 21.1. The van der Waals surface area contributed by atoms with Crippen molar-refractivity contribution in [3.05, 3.63) is 71.5 Å². The Balaban J connectivity index is 1.76. The third-order valence-corrected chi connectivity index (χ3v) is 5.94. The number of nitrogens with zero attached hydrogens (tertiary/aromatic N) is 3. The minimum Gasteiger partial charge on any atom is -0.348 e. The molecule has 152 valence electrons. The van der Waals surface area contributed by atoms with Crippen molar-refractivity contribution >= 4 is 17.7 Å². The van der Waals surface area contributed by atoms with Crippen LogP contribution >= 0.6 is 11.8 Å². The second-order valence-electron chi connectivity index (χ2n) is 7.17. The van der Waals surface area contributed by atoms with Crippen LogP contribution in [-0.4, -0.2) is 25.9 Å². The zero-order valence-corrected chi connectivity index (χ0v) is 18.2. The maximum absolute atomic E-state index is 12.9. The zero-order chi connectivity index (χ0) is 20.8. The Bertz CT molecular complexity index is 955. The molecule has 2 aromatic carbocycles. The summed E-state index contributed by atoms with van der Waals surface area (Å²) < 4.78 is 2.02. The first-order valence-electron chi connectivity index (χ1n) is 10.0. The van der Waals surface area contributed by atoms with Gasteiger partial charge in [0.05, 0.1) is 17.0 Å². The molecule has 1 aromatic heterocycles. The number of benzene rings is 2.